The van der Waals surface area contributed by atoms with Crippen LogP contribution in [0, 0.1) is 13.8 Å². The van der Waals surface area contributed by atoms with Gasteiger partial charge in [0, 0.05) is 6.08 Å². The molecule has 28 heavy (non-hydrogen) atoms. The molecule has 7 heteroatoms. The van der Waals surface area contributed by atoms with Crippen LogP contribution < -0.4 is 14.8 Å². The van der Waals surface area contributed by atoms with Crippen molar-refractivity contribution >= 4 is 28.5 Å². The number of nitrogens with zero attached hydrogens (tertiary/aromatic N) is 2. The Morgan fingerprint density at radius 3 is 2.68 bits per heavy atom. The van der Waals surface area contributed by atoms with E-state index in [1.165, 1.54) is 23.0 Å². The Kier molecular flexibility index (Phi) is 6.39. The van der Waals surface area contributed by atoms with E-state index in [1.54, 1.807) is 13.2 Å². The molecule has 0 aliphatic rings. The minimum absolute atomic E-state index is 0.269. The van der Waals surface area contributed by atoms with Gasteiger partial charge in [0.15, 0.2) is 11.5 Å². The first-order valence-corrected chi connectivity index (χ1v) is 9.51. The second kappa shape index (κ2) is 9.14. The fraction of sp³-hybridized carbons (Fsp3) is 0.190. The average Bonchev–Trinajstić information content (AvgIpc) is 3.10. The molecule has 1 N–H and O–H groups in total. The third-order valence-electron chi connectivity index (χ3n) is 4.02. The number of aryl methyl sites for hydroxylation is 2. The van der Waals surface area contributed by atoms with E-state index in [1.807, 2.05) is 43.3 Å². The zero-order valence-corrected chi connectivity index (χ0v) is 16.7. The maximum Gasteiger partial charge on any atom is 0.250 e. The molecule has 144 valence electrons. The van der Waals surface area contributed by atoms with E-state index in [2.05, 4.69) is 28.5 Å². The lowest BCUT2D eigenvalue weighted by Crippen LogP contribution is -2.07. The highest BCUT2D eigenvalue weighted by Crippen LogP contribution is 2.29. The van der Waals surface area contributed by atoms with Crippen molar-refractivity contribution in [1.82, 2.24) is 10.2 Å². The van der Waals surface area contributed by atoms with Gasteiger partial charge in [0.05, 0.1) is 7.11 Å². The molecule has 3 aromatic rings. The number of rotatable bonds is 7. The first kappa shape index (κ1) is 19.6. The Morgan fingerprint density at radius 1 is 1.14 bits per heavy atom. The molecule has 0 atom stereocenters. The van der Waals surface area contributed by atoms with E-state index in [9.17, 15) is 4.79 Å². The van der Waals surface area contributed by atoms with Gasteiger partial charge in [-0.25, -0.2) is 0 Å². The van der Waals surface area contributed by atoms with Crippen LogP contribution in [0.1, 0.15) is 21.7 Å². The molecule has 0 saturated heterocycles. The van der Waals surface area contributed by atoms with Gasteiger partial charge in [-0.2, -0.15) is 0 Å². The van der Waals surface area contributed by atoms with Crippen molar-refractivity contribution < 1.29 is 14.3 Å². The predicted molar refractivity (Wildman–Crippen MR) is 111 cm³/mol. The Morgan fingerprint density at radius 2 is 1.96 bits per heavy atom. The van der Waals surface area contributed by atoms with Crippen LogP contribution in [-0.2, 0) is 11.4 Å². The molecular weight excluding hydrogens is 374 g/mol. The van der Waals surface area contributed by atoms with E-state index < -0.39 is 0 Å². The largest absolute Gasteiger partial charge is 0.493 e. The molecule has 1 heterocycles. The number of amides is 1. The molecule has 0 radical (unpaired) electrons. The molecule has 0 aliphatic carbocycles. The van der Waals surface area contributed by atoms with E-state index in [4.69, 9.17) is 9.47 Å². The van der Waals surface area contributed by atoms with E-state index in [0.29, 0.717) is 23.2 Å². The molecule has 0 bridgehead atoms. The maximum absolute atomic E-state index is 12.0. The number of anilines is 1. The summed E-state index contributed by atoms with van der Waals surface area (Å²) in [7, 11) is 1.59. The number of ether oxygens (including phenoxy) is 2. The number of hydrogen-bond acceptors (Lipinski definition) is 6. The summed E-state index contributed by atoms with van der Waals surface area (Å²) < 4.78 is 11.3. The number of methoxy groups -OCH3 is 1. The van der Waals surface area contributed by atoms with Crippen LogP contribution in [0.5, 0.6) is 11.5 Å². The number of hydrogen-bond donors (Lipinski definition) is 1. The summed E-state index contributed by atoms with van der Waals surface area (Å²) in [5.74, 6) is 0.988. The molecular formula is C21H21N3O3S. The average molecular weight is 395 g/mol. The first-order chi connectivity index (χ1) is 13.5. The molecule has 2 aromatic carbocycles. The third kappa shape index (κ3) is 5.17. The van der Waals surface area contributed by atoms with Gasteiger partial charge >= 0.3 is 0 Å². The fourth-order valence-electron chi connectivity index (χ4n) is 2.50. The SMILES string of the molecule is COc1cc(/C=C/C(=O)Nc2nnc(C)s2)ccc1OCc1ccccc1C. The molecule has 3 rings (SSSR count). The highest BCUT2D eigenvalue weighted by Gasteiger charge is 2.07. The quantitative estimate of drug-likeness (QED) is 0.601. The summed E-state index contributed by atoms with van der Waals surface area (Å²) >= 11 is 1.33. The Hall–Kier alpha value is -3.19. The molecule has 0 spiro atoms. The Labute approximate surface area is 167 Å². The van der Waals surface area contributed by atoms with Crippen molar-refractivity contribution in [3.05, 3.63) is 70.2 Å². The summed E-state index contributed by atoms with van der Waals surface area (Å²) in [4.78, 5) is 12.0. The third-order valence-corrected chi connectivity index (χ3v) is 4.77. The Bertz CT molecular complexity index is 998. The smallest absolute Gasteiger partial charge is 0.250 e. The lowest BCUT2D eigenvalue weighted by Gasteiger charge is -2.12. The highest BCUT2D eigenvalue weighted by atomic mass is 32.1. The summed E-state index contributed by atoms with van der Waals surface area (Å²) in [6.45, 7) is 4.35. The van der Waals surface area contributed by atoms with Crippen LogP contribution in [-0.4, -0.2) is 23.2 Å². The fourth-order valence-corrected chi connectivity index (χ4v) is 3.10. The van der Waals surface area contributed by atoms with Crippen molar-refractivity contribution in [2.75, 3.05) is 12.4 Å². The maximum atomic E-state index is 12.0. The van der Waals surface area contributed by atoms with Crippen molar-refractivity contribution in [2.24, 2.45) is 0 Å². The number of nitrogens with one attached hydrogen (secondary N) is 1. The topological polar surface area (TPSA) is 73.3 Å². The molecule has 6 nitrogen and oxygen atoms in total. The number of benzene rings is 2. The van der Waals surface area contributed by atoms with Crippen LogP contribution in [0.25, 0.3) is 6.08 Å². The van der Waals surface area contributed by atoms with Crippen molar-refractivity contribution in [1.29, 1.82) is 0 Å². The van der Waals surface area contributed by atoms with Crippen LogP contribution >= 0.6 is 11.3 Å². The van der Waals surface area contributed by atoms with Crippen LogP contribution in [0.15, 0.2) is 48.5 Å². The zero-order valence-electron chi connectivity index (χ0n) is 15.9. The van der Waals surface area contributed by atoms with Gasteiger partial charge in [0.2, 0.25) is 11.0 Å². The summed E-state index contributed by atoms with van der Waals surface area (Å²) in [5, 5.41) is 11.7. The van der Waals surface area contributed by atoms with Gasteiger partial charge in [-0.1, -0.05) is 41.7 Å². The summed E-state index contributed by atoms with van der Waals surface area (Å²) in [6.07, 6.45) is 3.15. The molecule has 0 saturated carbocycles. The van der Waals surface area contributed by atoms with Crippen molar-refractivity contribution in [3.8, 4) is 11.5 Å². The number of carbonyl (C=O) groups excluding carboxylic acids is 1. The molecule has 0 fully saturated rings. The van der Waals surface area contributed by atoms with Gasteiger partial charge in [-0.15, -0.1) is 10.2 Å². The lowest BCUT2D eigenvalue weighted by atomic mass is 10.1. The van der Waals surface area contributed by atoms with Crippen LogP contribution in [0.4, 0.5) is 5.13 Å². The summed E-state index contributed by atoms with van der Waals surface area (Å²) in [6, 6.07) is 13.6. The normalized spacial score (nSPS) is 10.8. The van der Waals surface area contributed by atoms with E-state index >= 15 is 0 Å². The van der Waals surface area contributed by atoms with E-state index in [-0.39, 0.29) is 5.91 Å². The minimum atomic E-state index is -0.269. The molecule has 1 aromatic heterocycles. The van der Waals surface area contributed by atoms with Gasteiger partial charge < -0.3 is 9.47 Å². The molecule has 0 aliphatic heterocycles. The first-order valence-electron chi connectivity index (χ1n) is 8.69. The van der Waals surface area contributed by atoms with E-state index in [0.717, 1.165) is 16.1 Å². The summed E-state index contributed by atoms with van der Waals surface area (Å²) in [5.41, 5.74) is 3.12. The second-order valence-corrected chi connectivity index (χ2v) is 7.26. The van der Waals surface area contributed by atoms with Gasteiger partial charge in [-0.3, -0.25) is 10.1 Å². The molecule has 0 unspecified atom stereocenters. The van der Waals surface area contributed by atoms with Crippen LogP contribution in [0.3, 0.4) is 0 Å². The zero-order chi connectivity index (χ0) is 19.9. The highest BCUT2D eigenvalue weighted by molar-refractivity contribution is 7.15. The monoisotopic (exact) mass is 395 g/mol. The van der Waals surface area contributed by atoms with Gasteiger partial charge in [0.25, 0.3) is 0 Å². The number of carbonyl (C=O) groups is 1. The van der Waals surface area contributed by atoms with Gasteiger partial charge in [0.1, 0.15) is 11.6 Å². The van der Waals surface area contributed by atoms with Crippen LogP contribution in [0.2, 0.25) is 0 Å². The minimum Gasteiger partial charge on any atom is -0.493 e. The van der Waals surface area contributed by atoms with Gasteiger partial charge in [-0.05, 0) is 48.7 Å². The lowest BCUT2D eigenvalue weighted by molar-refractivity contribution is -0.111. The Balaban J connectivity index is 1.65. The van der Waals surface area contributed by atoms with Crippen molar-refractivity contribution in [3.63, 3.8) is 0 Å². The predicted octanol–water partition coefficient (Wildman–Crippen LogP) is 4.39. The standard InChI is InChI=1S/C21H21N3O3S/c1-14-6-4-5-7-17(14)13-27-18-10-8-16(12-19(18)26-3)9-11-20(25)22-21-24-23-15(2)28-21/h4-12H,13H2,1-3H3,(H,22,24,25)/b11-9+. The molecule has 1 amide bonds. The van der Waals surface area contributed by atoms with Crippen molar-refractivity contribution in [2.45, 2.75) is 20.5 Å². The number of aromatic nitrogens is 2. The second-order valence-electron chi connectivity index (χ2n) is 6.07.